The second-order valence-electron chi connectivity index (χ2n) is 7.98. The third-order valence-corrected chi connectivity index (χ3v) is 11.5. The average Bonchev–Trinajstić information content (AvgIpc) is 2.40. The van der Waals surface area contributed by atoms with Gasteiger partial charge in [0, 0.05) is 12.8 Å². The third-order valence-electron chi connectivity index (χ3n) is 4.67. The molecule has 3 nitrogen and oxygen atoms in total. The normalized spacial score (nSPS) is 31.3. The van der Waals surface area contributed by atoms with Crippen molar-refractivity contribution in [3.05, 3.63) is 0 Å². The van der Waals surface area contributed by atoms with Crippen LogP contribution in [0.25, 0.3) is 0 Å². The van der Waals surface area contributed by atoms with E-state index in [1.165, 1.54) is 6.92 Å². The standard InChI is InChI=1S/C15H30O3Si/c1-10-11(2)19(14(4,5)6,15(7,8)9)18-13(10)17-12(3)16/h10-11,13H,1-9H3/t10-,11-,13-/m1/s1. The van der Waals surface area contributed by atoms with Gasteiger partial charge in [-0.05, 0) is 15.6 Å². The van der Waals surface area contributed by atoms with Gasteiger partial charge in [-0.1, -0.05) is 55.4 Å². The Hall–Kier alpha value is -0.353. The first-order chi connectivity index (χ1) is 8.34. The smallest absolute Gasteiger partial charge is 0.304 e. The van der Waals surface area contributed by atoms with E-state index in [9.17, 15) is 4.79 Å². The molecule has 0 N–H and O–H groups in total. The molecule has 1 aliphatic heterocycles. The van der Waals surface area contributed by atoms with Gasteiger partial charge >= 0.3 is 5.97 Å². The van der Waals surface area contributed by atoms with Crippen molar-refractivity contribution in [2.75, 3.05) is 0 Å². The molecule has 1 fully saturated rings. The van der Waals surface area contributed by atoms with Gasteiger partial charge in [0.2, 0.25) is 8.32 Å². The van der Waals surface area contributed by atoms with Crippen molar-refractivity contribution in [2.24, 2.45) is 5.92 Å². The monoisotopic (exact) mass is 286 g/mol. The molecule has 1 heterocycles. The van der Waals surface area contributed by atoms with Crippen LogP contribution in [0.2, 0.25) is 15.6 Å². The molecule has 0 bridgehead atoms. The number of esters is 1. The summed E-state index contributed by atoms with van der Waals surface area (Å²) >= 11 is 0. The van der Waals surface area contributed by atoms with Crippen molar-refractivity contribution in [1.29, 1.82) is 0 Å². The lowest BCUT2D eigenvalue weighted by atomic mass is 10.1. The maximum absolute atomic E-state index is 11.3. The molecule has 19 heavy (non-hydrogen) atoms. The molecule has 0 aromatic rings. The van der Waals surface area contributed by atoms with Crippen molar-refractivity contribution >= 4 is 14.3 Å². The number of carbonyl (C=O) groups excluding carboxylic acids is 1. The topological polar surface area (TPSA) is 35.5 Å². The molecule has 0 spiro atoms. The van der Waals surface area contributed by atoms with Gasteiger partial charge in [0.25, 0.3) is 0 Å². The Bertz CT molecular complexity index is 337. The first-order valence-corrected chi connectivity index (χ1v) is 9.18. The van der Waals surface area contributed by atoms with Crippen LogP contribution in [0.4, 0.5) is 0 Å². The Kier molecular flexibility index (Phi) is 4.29. The summed E-state index contributed by atoms with van der Waals surface area (Å²) in [5.74, 6) is 0.00526. The van der Waals surface area contributed by atoms with Crippen molar-refractivity contribution in [2.45, 2.75) is 84.2 Å². The fourth-order valence-corrected chi connectivity index (χ4v) is 11.6. The highest BCUT2D eigenvalue weighted by molar-refractivity contribution is 6.81. The Morgan fingerprint density at radius 3 is 1.74 bits per heavy atom. The third kappa shape index (κ3) is 2.61. The van der Waals surface area contributed by atoms with Crippen LogP contribution in [0.3, 0.4) is 0 Å². The molecule has 0 aromatic carbocycles. The van der Waals surface area contributed by atoms with Gasteiger partial charge in [-0.2, -0.15) is 0 Å². The van der Waals surface area contributed by atoms with Crippen LogP contribution in [0.1, 0.15) is 62.3 Å². The van der Waals surface area contributed by atoms with Gasteiger partial charge in [0.15, 0.2) is 6.29 Å². The van der Waals surface area contributed by atoms with Crippen LogP contribution in [-0.4, -0.2) is 20.6 Å². The maximum atomic E-state index is 11.3. The molecule has 0 aliphatic carbocycles. The van der Waals surface area contributed by atoms with Crippen molar-refractivity contribution in [3.63, 3.8) is 0 Å². The van der Waals surface area contributed by atoms with Gasteiger partial charge in [-0.15, -0.1) is 0 Å². The van der Waals surface area contributed by atoms with Crippen molar-refractivity contribution < 1.29 is 14.0 Å². The zero-order valence-corrected chi connectivity index (χ0v) is 15.0. The highest BCUT2D eigenvalue weighted by Gasteiger charge is 2.65. The van der Waals surface area contributed by atoms with Gasteiger partial charge in [0.1, 0.15) is 0 Å². The molecular formula is C15H30O3Si. The molecule has 1 rings (SSSR count). The van der Waals surface area contributed by atoms with Gasteiger partial charge in [0.05, 0.1) is 0 Å². The fraction of sp³-hybridized carbons (Fsp3) is 0.933. The average molecular weight is 286 g/mol. The lowest BCUT2D eigenvalue weighted by Gasteiger charge is -2.50. The molecular weight excluding hydrogens is 256 g/mol. The minimum Gasteiger partial charge on any atom is -0.437 e. The van der Waals surface area contributed by atoms with E-state index in [0.29, 0.717) is 5.54 Å². The van der Waals surface area contributed by atoms with E-state index in [4.69, 9.17) is 9.16 Å². The number of rotatable bonds is 1. The summed E-state index contributed by atoms with van der Waals surface area (Å²) in [6, 6.07) is 0. The van der Waals surface area contributed by atoms with Crippen LogP contribution in [-0.2, 0) is 14.0 Å². The Morgan fingerprint density at radius 2 is 1.47 bits per heavy atom. The highest BCUT2D eigenvalue weighted by Crippen LogP contribution is 2.63. The van der Waals surface area contributed by atoms with Crippen LogP contribution < -0.4 is 0 Å². The van der Waals surface area contributed by atoms with Crippen LogP contribution in [0.15, 0.2) is 0 Å². The second-order valence-corrected chi connectivity index (χ2v) is 13.6. The highest BCUT2D eigenvalue weighted by atomic mass is 28.4. The fourth-order valence-electron chi connectivity index (χ4n) is 4.14. The Morgan fingerprint density at radius 1 is 1.05 bits per heavy atom. The van der Waals surface area contributed by atoms with Crippen LogP contribution >= 0.6 is 0 Å². The maximum Gasteiger partial charge on any atom is 0.304 e. The van der Waals surface area contributed by atoms with Crippen LogP contribution in [0, 0.1) is 5.92 Å². The molecule has 3 atom stereocenters. The van der Waals surface area contributed by atoms with E-state index >= 15 is 0 Å². The number of ether oxygens (including phenoxy) is 1. The molecule has 0 aromatic heterocycles. The van der Waals surface area contributed by atoms with Gasteiger partial charge < -0.3 is 9.16 Å². The minimum atomic E-state index is -2.11. The number of hydrogen-bond donors (Lipinski definition) is 0. The van der Waals surface area contributed by atoms with Crippen molar-refractivity contribution in [1.82, 2.24) is 0 Å². The molecule has 0 radical (unpaired) electrons. The van der Waals surface area contributed by atoms with Gasteiger partial charge in [-0.25, -0.2) is 0 Å². The summed E-state index contributed by atoms with van der Waals surface area (Å²) in [6.07, 6.45) is -0.377. The number of carbonyl (C=O) groups is 1. The zero-order chi connectivity index (χ0) is 15.2. The molecule has 1 aliphatic rings. The predicted molar refractivity (Wildman–Crippen MR) is 80.4 cm³/mol. The molecule has 112 valence electrons. The Labute approximate surface area is 119 Å². The molecule has 1 saturated heterocycles. The molecule has 4 heteroatoms. The van der Waals surface area contributed by atoms with E-state index in [2.05, 4.69) is 55.4 Å². The second kappa shape index (κ2) is 4.88. The van der Waals surface area contributed by atoms with Crippen LogP contribution in [0.5, 0.6) is 0 Å². The summed E-state index contributed by atoms with van der Waals surface area (Å²) in [4.78, 5) is 11.3. The van der Waals surface area contributed by atoms with Gasteiger partial charge in [-0.3, -0.25) is 4.79 Å². The lowest BCUT2D eigenvalue weighted by Crippen LogP contribution is -2.55. The SMILES string of the molecule is CC(=O)O[C@@H]1O[Si](C(C)(C)C)(C(C)(C)C)[C@H](C)[C@H]1C. The summed E-state index contributed by atoms with van der Waals surface area (Å²) in [7, 11) is -2.11. The quantitative estimate of drug-likeness (QED) is 0.527. The molecule has 0 amide bonds. The minimum absolute atomic E-state index is 0.105. The van der Waals surface area contributed by atoms with E-state index < -0.39 is 8.32 Å². The zero-order valence-electron chi connectivity index (χ0n) is 14.0. The predicted octanol–water partition coefficient (Wildman–Crippen LogP) is 4.48. The summed E-state index contributed by atoms with van der Waals surface area (Å²) in [6.45, 7) is 19.5. The first-order valence-electron chi connectivity index (χ1n) is 7.19. The largest absolute Gasteiger partial charge is 0.437 e. The summed E-state index contributed by atoms with van der Waals surface area (Å²) < 4.78 is 11.9. The number of hydrogen-bond acceptors (Lipinski definition) is 3. The van der Waals surface area contributed by atoms with Crippen molar-refractivity contribution in [3.8, 4) is 0 Å². The first kappa shape index (κ1) is 16.7. The lowest BCUT2D eigenvalue weighted by molar-refractivity contribution is -0.165. The van der Waals surface area contributed by atoms with E-state index in [1.807, 2.05) is 0 Å². The van der Waals surface area contributed by atoms with E-state index in [0.717, 1.165) is 0 Å². The molecule has 0 saturated carbocycles. The summed E-state index contributed by atoms with van der Waals surface area (Å²) in [5, 5.41) is 0.210. The molecule has 0 unspecified atom stereocenters. The van der Waals surface area contributed by atoms with E-state index in [-0.39, 0.29) is 28.3 Å². The Balaban J connectivity index is 3.25. The summed E-state index contributed by atoms with van der Waals surface area (Å²) in [5.41, 5.74) is 0.455. The van der Waals surface area contributed by atoms with E-state index in [1.54, 1.807) is 0 Å².